The molecule has 2 rings (SSSR count). The van der Waals surface area contributed by atoms with Crippen LogP contribution in [0.15, 0.2) is 11.0 Å². The Morgan fingerprint density at radius 2 is 2.00 bits per heavy atom. The minimum atomic E-state index is -1.67. The monoisotopic (exact) mass is 290 g/mol. The molecule has 0 aliphatic carbocycles. The maximum atomic E-state index is 13.5. The van der Waals surface area contributed by atoms with Crippen molar-refractivity contribution >= 4 is 0 Å². The van der Waals surface area contributed by atoms with Gasteiger partial charge in [-0.25, -0.2) is 9.18 Å². The molecule has 8 nitrogen and oxygen atoms in total. The molecule has 1 aromatic rings. The zero-order valence-electron chi connectivity index (χ0n) is 10.5. The maximum Gasteiger partial charge on any atom is 0.350 e. The lowest BCUT2D eigenvalue weighted by atomic mass is 9.98. The van der Waals surface area contributed by atoms with E-state index in [1.165, 1.54) is 6.92 Å². The summed E-state index contributed by atoms with van der Waals surface area (Å²) in [5.41, 5.74) is -0.996. The van der Waals surface area contributed by atoms with Crippen LogP contribution in [-0.4, -0.2) is 61.0 Å². The van der Waals surface area contributed by atoms with Crippen LogP contribution in [0.25, 0.3) is 0 Å². The van der Waals surface area contributed by atoms with E-state index in [1.807, 2.05) is 0 Å². The molecule has 2 heterocycles. The molecule has 0 unspecified atom stereocenters. The molecule has 0 bridgehead atoms. The van der Waals surface area contributed by atoms with E-state index in [1.54, 1.807) is 0 Å². The van der Waals surface area contributed by atoms with Gasteiger partial charge in [0.15, 0.2) is 12.0 Å². The minimum Gasteiger partial charge on any atom is -0.394 e. The third-order valence-electron chi connectivity index (χ3n) is 3.22. The molecule has 9 heteroatoms. The Morgan fingerprint density at radius 3 is 2.60 bits per heavy atom. The lowest BCUT2D eigenvalue weighted by Gasteiger charge is -2.40. The second-order valence-corrected chi connectivity index (χ2v) is 4.58. The van der Waals surface area contributed by atoms with Gasteiger partial charge in [0.2, 0.25) is 0 Å². The predicted octanol–water partition coefficient (Wildman–Crippen LogP) is -2.34. The molecular weight excluding hydrogens is 275 g/mol. The summed E-state index contributed by atoms with van der Waals surface area (Å²) in [5.74, 6) is -0.790. The van der Waals surface area contributed by atoms with Crippen LogP contribution in [0.3, 0.4) is 0 Å². The number of ether oxygens (including phenoxy) is 1. The number of aliphatic hydroxyl groups excluding tert-OH is 4. The number of rotatable bonds is 2. The second kappa shape index (κ2) is 5.54. The first-order valence-electron chi connectivity index (χ1n) is 5.92. The van der Waals surface area contributed by atoms with E-state index in [0.29, 0.717) is 4.57 Å². The van der Waals surface area contributed by atoms with Gasteiger partial charge < -0.3 is 25.2 Å². The highest BCUT2D eigenvalue weighted by atomic mass is 19.1. The molecule has 1 aromatic heterocycles. The number of hydrogen-bond acceptors (Lipinski definition) is 7. The van der Waals surface area contributed by atoms with E-state index >= 15 is 0 Å². The average molecular weight is 290 g/mol. The number of nitrogens with zero attached hydrogens (tertiary/aromatic N) is 2. The Balaban J connectivity index is 2.41. The molecule has 0 radical (unpaired) electrons. The molecule has 1 aliphatic heterocycles. The standard InChI is InChI=1S/C11H15FN2O6/c1-4-5(12)2-14(11(19)13-4)10-9(18)8(17)7(16)6(3-15)20-10/h2,6-10,15-18H,3H2,1H3/t6-,7-,8+,9+,10+/m1/s1. The molecule has 0 saturated carbocycles. The normalized spacial score (nSPS) is 34.2. The first kappa shape index (κ1) is 15.0. The van der Waals surface area contributed by atoms with Gasteiger partial charge in [-0.05, 0) is 6.92 Å². The van der Waals surface area contributed by atoms with Gasteiger partial charge in [0, 0.05) is 6.20 Å². The average Bonchev–Trinajstić information content (AvgIpc) is 2.41. The fraction of sp³-hybridized carbons (Fsp3) is 0.636. The third kappa shape index (κ3) is 2.45. The van der Waals surface area contributed by atoms with Crippen molar-refractivity contribution in [1.82, 2.24) is 9.55 Å². The number of halogens is 1. The van der Waals surface area contributed by atoms with Gasteiger partial charge in [-0.3, -0.25) is 4.57 Å². The maximum absolute atomic E-state index is 13.5. The van der Waals surface area contributed by atoms with Crippen LogP contribution >= 0.6 is 0 Å². The van der Waals surface area contributed by atoms with Crippen molar-refractivity contribution in [1.29, 1.82) is 0 Å². The molecule has 1 saturated heterocycles. The molecule has 0 aromatic carbocycles. The predicted molar refractivity (Wildman–Crippen MR) is 62.2 cm³/mol. The van der Waals surface area contributed by atoms with Crippen LogP contribution in [0.5, 0.6) is 0 Å². The van der Waals surface area contributed by atoms with Gasteiger partial charge >= 0.3 is 5.69 Å². The first-order chi connectivity index (χ1) is 9.36. The molecule has 4 N–H and O–H groups in total. The van der Waals surface area contributed by atoms with E-state index in [0.717, 1.165) is 6.20 Å². The molecule has 5 atom stereocenters. The van der Waals surface area contributed by atoms with Crippen molar-refractivity contribution in [2.45, 2.75) is 37.6 Å². The summed E-state index contributed by atoms with van der Waals surface area (Å²) in [6.07, 6.45) is -6.73. The fourth-order valence-corrected chi connectivity index (χ4v) is 2.02. The topological polar surface area (TPSA) is 125 Å². The summed E-state index contributed by atoms with van der Waals surface area (Å²) in [5, 5.41) is 38.1. The van der Waals surface area contributed by atoms with E-state index in [4.69, 9.17) is 9.84 Å². The van der Waals surface area contributed by atoms with Crippen molar-refractivity contribution in [3.05, 3.63) is 28.2 Å². The summed E-state index contributed by atoms with van der Waals surface area (Å²) < 4.78 is 19.3. The molecule has 0 spiro atoms. The van der Waals surface area contributed by atoms with E-state index in [-0.39, 0.29) is 5.69 Å². The first-order valence-corrected chi connectivity index (χ1v) is 5.92. The van der Waals surface area contributed by atoms with E-state index < -0.39 is 48.8 Å². The molecular formula is C11H15FN2O6. The molecule has 20 heavy (non-hydrogen) atoms. The Kier molecular flexibility index (Phi) is 4.16. The van der Waals surface area contributed by atoms with Gasteiger partial charge in [0.1, 0.15) is 24.4 Å². The number of aryl methyl sites for hydroxylation is 1. The Labute approximate surface area is 112 Å². The second-order valence-electron chi connectivity index (χ2n) is 4.58. The van der Waals surface area contributed by atoms with Crippen molar-refractivity contribution in [2.24, 2.45) is 0 Å². The van der Waals surface area contributed by atoms with Gasteiger partial charge in [0.25, 0.3) is 0 Å². The molecule has 1 aliphatic rings. The quantitative estimate of drug-likeness (QED) is 0.481. The Bertz CT molecular complexity index is 548. The number of hydrogen-bond donors (Lipinski definition) is 4. The van der Waals surface area contributed by atoms with Crippen molar-refractivity contribution in [2.75, 3.05) is 6.61 Å². The summed E-state index contributed by atoms with van der Waals surface area (Å²) in [6, 6.07) is 0. The van der Waals surface area contributed by atoms with E-state index in [2.05, 4.69) is 4.98 Å². The largest absolute Gasteiger partial charge is 0.394 e. The lowest BCUT2D eigenvalue weighted by molar-refractivity contribution is -0.252. The number of aliphatic hydroxyl groups is 4. The van der Waals surface area contributed by atoms with Crippen molar-refractivity contribution < 1.29 is 29.6 Å². The fourth-order valence-electron chi connectivity index (χ4n) is 2.02. The highest BCUT2D eigenvalue weighted by Gasteiger charge is 2.44. The molecule has 1 fully saturated rings. The van der Waals surface area contributed by atoms with Crippen LogP contribution in [0, 0.1) is 12.7 Å². The molecule has 112 valence electrons. The summed E-state index contributed by atoms with van der Waals surface area (Å²) >= 11 is 0. The zero-order valence-corrected chi connectivity index (χ0v) is 10.5. The summed E-state index contributed by atoms with van der Waals surface area (Å²) in [7, 11) is 0. The summed E-state index contributed by atoms with van der Waals surface area (Å²) in [6.45, 7) is 0.659. The van der Waals surface area contributed by atoms with Crippen molar-refractivity contribution in [3.63, 3.8) is 0 Å². The minimum absolute atomic E-state index is 0.115. The molecule has 0 amide bonds. The van der Waals surface area contributed by atoms with Crippen LogP contribution < -0.4 is 5.69 Å². The van der Waals surface area contributed by atoms with Gasteiger partial charge in [0.05, 0.1) is 12.3 Å². The SMILES string of the molecule is Cc1nc(=O)n([C@H]2O[C@H](CO)[C@@H](O)[C@H](O)[C@@H]2O)cc1F. The highest BCUT2D eigenvalue weighted by Crippen LogP contribution is 2.27. The lowest BCUT2D eigenvalue weighted by Crippen LogP contribution is -2.57. The third-order valence-corrected chi connectivity index (χ3v) is 3.22. The summed E-state index contributed by atoms with van der Waals surface area (Å²) in [4.78, 5) is 15.1. The van der Waals surface area contributed by atoms with Gasteiger partial charge in [-0.2, -0.15) is 4.98 Å². The Morgan fingerprint density at radius 1 is 1.35 bits per heavy atom. The van der Waals surface area contributed by atoms with Crippen LogP contribution in [0.2, 0.25) is 0 Å². The zero-order chi connectivity index (χ0) is 15.0. The van der Waals surface area contributed by atoms with Crippen LogP contribution in [0.1, 0.15) is 11.9 Å². The Hall–Kier alpha value is -1.39. The number of aromatic nitrogens is 2. The van der Waals surface area contributed by atoms with Gasteiger partial charge in [-0.1, -0.05) is 0 Å². The van der Waals surface area contributed by atoms with Crippen LogP contribution in [0.4, 0.5) is 4.39 Å². The van der Waals surface area contributed by atoms with Gasteiger partial charge in [-0.15, -0.1) is 0 Å². The van der Waals surface area contributed by atoms with E-state index in [9.17, 15) is 24.5 Å². The smallest absolute Gasteiger partial charge is 0.350 e. The highest BCUT2D eigenvalue weighted by molar-refractivity contribution is 5.02. The van der Waals surface area contributed by atoms with Crippen molar-refractivity contribution in [3.8, 4) is 0 Å². The van der Waals surface area contributed by atoms with Crippen LogP contribution in [-0.2, 0) is 4.74 Å².